The molecule has 0 N–H and O–H groups in total. The van der Waals surface area contributed by atoms with E-state index >= 15 is 0 Å². The molecular weight excluding hydrogens is 148 g/mol. The molecule has 0 aromatic rings. The number of rotatable bonds is 5. The molecule has 70 valence electrons. The Bertz CT molecular complexity index is 156. The average molecular weight is 168 g/mol. The van der Waals surface area contributed by atoms with Gasteiger partial charge in [-0.25, -0.2) is 0 Å². The molecule has 0 bridgehead atoms. The van der Waals surface area contributed by atoms with Gasteiger partial charge in [-0.15, -0.1) is 0 Å². The summed E-state index contributed by atoms with van der Waals surface area (Å²) in [6.07, 6.45) is 2.80. The van der Waals surface area contributed by atoms with Crippen LogP contribution in [-0.2, 0) is 0 Å². The van der Waals surface area contributed by atoms with Gasteiger partial charge in [0.2, 0.25) is 0 Å². The molecule has 12 heavy (non-hydrogen) atoms. The van der Waals surface area contributed by atoms with Crippen molar-refractivity contribution in [2.24, 2.45) is 0 Å². The highest BCUT2D eigenvalue weighted by Gasteiger charge is 2.19. The number of nitriles is 1. The lowest BCUT2D eigenvalue weighted by Gasteiger charge is -2.34. The zero-order valence-corrected chi connectivity index (χ0v) is 8.72. The first-order valence-electron chi connectivity index (χ1n) is 4.62. The van der Waals surface area contributed by atoms with Gasteiger partial charge in [-0.05, 0) is 40.3 Å². The Labute approximate surface area is 76.2 Å². The third-order valence-electron chi connectivity index (χ3n) is 2.68. The molecule has 0 rings (SSSR count). The van der Waals surface area contributed by atoms with E-state index in [-0.39, 0.29) is 5.54 Å². The van der Waals surface area contributed by atoms with Gasteiger partial charge >= 0.3 is 0 Å². The predicted molar refractivity (Wildman–Crippen MR) is 51.8 cm³/mol. The van der Waals surface area contributed by atoms with E-state index in [0.29, 0.717) is 6.42 Å². The molecule has 0 heterocycles. The highest BCUT2D eigenvalue weighted by atomic mass is 15.2. The standard InChI is InChI=1S/C10H20N2/c1-5-10(2,3)12(4)9-7-6-8-11/h5-7,9H2,1-4H3. The van der Waals surface area contributed by atoms with Gasteiger partial charge in [0.1, 0.15) is 0 Å². The van der Waals surface area contributed by atoms with E-state index in [0.717, 1.165) is 19.4 Å². The topological polar surface area (TPSA) is 27.0 Å². The van der Waals surface area contributed by atoms with Crippen LogP contribution in [0.2, 0.25) is 0 Å². The van der Waals surface area contributed by atoms with E-state index in [1.54, 1.807) is 0 Å². The lowest BCUT2D eigenvalue weighted by Crippen LogP contribution is -2.40. The van der Waals surface area contributed by atoms with E-state index < -0.39 is 0 Å². The SMILES string of the molecule is CCC(C)(C)N(C)CCCC#N. The molecule has 0 fully saturated rings. The molecule has 0 aliphatic rings. The second kappa shape index (κ2) is 5.16. The summed E-state index contributed by atoms with van der Waals surface area (Å²) < 4.78 is 0. The Morgan fingerprint density at radius 3 is 2.42 bits per heavy atom. The highest BCUT2D eigenvalue weighted by molar-refractivity contribution is 4.78. The van der Waals surface area contributed by atoms with Crippen LogP contribution < -0.4 is 0 Å². The van der Waals surface area contributed by atoms with Crippen molar-refractivity contribution in [2.75, 3.05) is 13.6 Å². The maximum absolute atomic E-state index is 8.37. The summed E-state index contributed by atoms with van der Waals surface area (Å²) in [6, 6.07) is 2.17. The molecule has 0 aromatic heterocycles. The Morgan fingerprint density at radius 1 is 1.42 bits per heavy atom. The summed E-state index contributed by atoms with van der Waals surface area (Å²) in [6.45, 7) is 7.69. The van der Waals surface area contributed by atoms with Gasteiger partial charge in [-0.1, -0.05) is 6.92 Å². The van der Waals surface area contributed by atoms with E-state index in [2.05, 4.69) is 38.8 Å². The first kappa shape index (κ1) is 11.4. The minimum absolute atomic E-state index is 0.273. The first-order valence-corrected chi connectivity index (χ1v) is 4.62. The summed E-state index contributed by atoms with van der Waals surface area (Å²) in [7, 11) is 2.13. The van der Waals surface area contributed by atoms with Crippen molar-refractivity contribution in [1.29, 1.82) is 5.26 Å². The second-order valence-electron chi connectivity index (χ2n) is 3.85. The summed E-state index contributed by atoms with van der Waals surface area (Å²) in [4.78, 5) is 2.32. The smallest absolute Gasteiger partial charge is 0.0622 e. The molecule has 0 atom stereocenters. The lowest BCUT2D eigenvalue weighted by molar-refractivity contribution is 0.150. The molecule has 0 aliphatic carbocycles. The highest BCUT2D eigenvalue weighted by Crippen LogP contribution is 2.16. The quantitative estimate of drug-likeness (QED) is 0.589. The predicted octanol–water partition coefficient (Wildman–Crippen LogP) is 2.41. The van der Waals surface area contributed by atoms with Gasteiger partial charge < -0.3 is 4.90 Å². The number of nitrogens with zero attached hydrogens (tertiary/aromatic N) is 2. The minimum atomic E-state index is 0.273. The zero-order valence-electron chi connectivity index (χ0n) is 8.72. The maximum atomic E-state index is 8.37. The fourth-order valence-electron chi connectivity index (χ4n) is 0.968. The Balaban J connectivity index is 3.72. The van der Waals surface area contributed by atoms with Crippen LogP contribution in [0.1, 0.15) is 40.0 Å². The van der Waals surface area contributed by atoms with Crippen LogP contribution in [0.15, 0.2) is 0 Å². The van der Waals surface area contributed by atoms with Crippen molar-refractivity contribution in [3.8, 4) is 6.07 Å². The average Bonchev–Trinajstić information content (AvgIpc) is 2.05. The zero-order chi connectivity index (χ0) is 9.61. The van der Waals surface area contributed by atoms with Gasteiger partial charge in [0.15, 0.2) is 0 Å². The normalized spacial score (nSPS) is 11.7. The van der Waals surface area contributed by atoms with Crippen LogP contribution in [0.5, 0.6) is 0 Å². The van der Waals surface area contributed by atoms with Crippen LogP contribution in [0, 0.1) is 11.3 Å². The number of hydrogen-bond donors (Lipinski definition) is 0. The van der Waals surface area contributed by atoms with Gasteiger partial charge in [0.05, 0.1) is 6.07 Å². The largest absolute Gasteiger partial charge is 0.301 e. The van der Waals surface area contributed by atoms with E-state index in [4.69, 9.17) is 5.26 Å². The monoisotopic (exact) mass is 168 g/mol. The first-order chi connectivity index (χ1) is 5.54. The maximum Gasteiger partial charge on any atom is 0.0622 e. The molecule has 0 aromatic carbocycles. The Morgan fingerprint density at radius 2 is 2.00 bits per heavy atom. The molecule has 0 saturated carbocycles. The summed E-state index contributed by atoms with van der Waals surface area (Å²) in [5.74, 6) is 0. The van der Waals surface area contributed by atoms with Crippen molar-refractivity contribution in [3.63, 3.8) is 0 Å². The van der Waals surface area contributed by atoms with Crippen molar-refractivity contribution in [1.82, 2.24) is 4.90 Å². The van der Waals surface area contributed by atoms with Gasteiger partial charge in [-0.3, -0.25) is 0 Å². The molecule has 0 amide bonds. The van der Waals surface area contributed by atoms with Crippen molar-refractivity contribution < 1.29 is 0 Å². The lowest BCUT2D eigenvalue weighted by atomic mass is 10.00. The molecule has 2 heteroatoms. The van der Waals surface area contributed by atoms with E-state index in [9.17, 15) is 0 Å². The Hall–Kier alpha value is -0.550. The van der Waals surface area contributed by atoms with E-state index in [1.807, 2.05) is 0 Å². The summed E-state index contributed by atoms with van der Waals surface area (Å²) in [5, 5.41) is 8.37. The molecule has 2 nitrogen and oxygen atoms in total. The third-order valence-corrected chi connectivity index (χ3v) is 2.68. The molecule has 0 saturated heterocycles. The molecule has 0 aliphatic heterocycles. The van der Waals surface area contributed by atoms with Crippen molar-refractivity contribution in [3.05, 3.63) is 0 Å². The third kappa shape index (κ3) is 3.73. The molecular formula is C10H20N2. The molecule has 0 spiro atoms. The molecule has 0 radical (unpaired) electrons. The van der Waals surface area contributed by atoms with Crippen LogP contribution in [0.4, 0.5) is 0 Å². The van der Waals surface area contributed by atoms with Gasteiger partial charge in [-0.2, -0.15) is 5.26 Å². The second-order valence-corrected chi connectivity index (χ2v) is 3.85. The van der Waals surface area contributed by atoms with Crippen LogP contribution in [-0.4, -0.2) is 24.0 Å². The number of hydrogen-bond acceptors (Lipinski definition) is 2. The number of unbranched alkanes of at least 4 members (excludes halogenated alkanes) is 1. The molecule has 0 unspecified atom stereocenters. The van der Waals surface area contributed by atoms with Gasteiger partial charge in [0.25, 0.3) is 0 Å². The summed E-state index contributed by atoms with van der Waals surface area (Å²) in [5.41, 5.74) is 0.273. The van der Waals surface area contributed by atoms with Crippen LogP contribution in [0.3, 0.4) is 0 Å². The fraction of sp³-hybridized carbons (Fsp3) is 0.900. The fourth-order valence-corrected chi connectivity index (χ4v) is 0.968. The minimum Gasteiger partial charge on any atom is -0.301 e. The summed E-state index contributed by atoms with van der Waals surface area (Å²) >= 11 is 0. The van der Waals surface area contributed by atoms with Crippen LogP contribution >= 0.6 is 0 Å². The van der Waals surface area contributed by atoms with Gasteiger partial charge in [0, 0.05) is 12.0 Å². The van der Waals surface area contributed by atoms with E-state index in [1.165, 1.54) is 0 Å². The Kier molecular flexibility index (Phi) is 4.92. The van der Waals surface area contributed by atoms with Crippen molar-refractivity contribution in [2.45, 2.75) is 45.6 Å². The van der Waals surface area contributed by atoms with Crippen molar-refractivity contribution >= 4 is 0 Å². The van der Waals surface area contributed by atoms with Crippen LogP contribution in [0.25, 0.3) is 0 Å².